The number of hydrogen-bond acceptors (Lipinski definition) is 6. The van der Waals surface area contributed by atoms with Crippen LogP contribution < -0.4 is 4.72 Å². The molecule has 0 unspecified atom stereocenters. The lowest BCUT2D eigenvalue weighted by Crippen LogP contribution is -2.26. The van der Waals surface area contributed by atoms with E-state index in [4.69, 9.17) is 0 Å². The molecule has 146 valence electrons. The summed E-state index contributed by atoms with van der Waals surface area (Å²) in [6, 6.07) is 13.1. The molecule has 0 atom stereocenters. The van der Waals surface area contributed by atoms with Gasteiger partial charge in [0.15, 0.2) is 0 Å². The number of hydrogen-bond donors (Lipinski definition) is 1. The average molecular weight is 418 g/mol. The lowest BCUT2D eigenvalue weighted by molar-refractivity contribution is -0.385. The molecule has 0 fully saturated rings. The molecule has 7 nitrogen and oxygen atoms in total. The number of nitro groups is 1. The van der Waals surface area contributed by atoms with Crippen LogP contribution in [-0.2, 0) is 16.4 Å². The second-order valence-corrected chi connectivity index (χ2v) is 9.15. The summed E-state index contributed by atoms with van der Waals surface area (Å²) >= 11 is 1.54. The van der Waals surface area contributed by atoms with Crippen molar-refractivity contribution in [3.05, 3.63) is 74.8 Å². The minimum Gasteiger partial charge on any atom is -0.258 e. The van der Waals surface area contributed by atoms with Gasteiger partial charge in [0, 0.05) is 29.1 Å². The zero-order valence-electron chi connectivity index (χ0n) is 15.4. The second-order valence-electron chi connectivity index (χ2n) is 6.30. The number of non-ortho nitro benzene ring substituents is 1. The third-order valence-electron chi connectivity index (χ3n) is 4.14. The number of rotatable bonds is 7. The molecule has 1 N–H and O–H groups in total. The fourth-order valence-corrected chi connectivity index (χ4v) is 4.84. The van der Waals surface area contributed by atoms with Crippen LogP contribution in [0.2, 0.25) is 0 Å². The molecule has 3 rings (SSSR count). The molecule has 2 aromatic carbocycles. The van der Waals surface area contributed by atoms with Crippen molar-refractivity contribution in [3.8, 4) is 10.6 Å². The number of nitrogens with one attached hydrogen (secondary N) is 1. The van der Waals surface area contributed by atoms with E-state index in [2.05, 4.69) is 15.8 Å². The Hall–Kier alpha value is -2.62. The molecule has 0 saturated carbocycles. The van der Waals surface area contributed by atoms with Gasteiger partial charge in [0.05, 0.1) is 15.5 Å². The molecule has 0 aliphatic rings. The van der Waals surface area contributed by atoms with Crippen LogP contribution in [0.4, 0.5) is 5.69 Å². The molecule has 0 amide bonds. The van der Waals surface area contributed by atoms with Crippen LogP contribution in [-0.4, -0.2) is 24.9 Å². The van der Waals surface area contributed by atoms with Crippen molar-refractivity contribution in [2.75, 3.05) is 6.54 Å². The molecule has 28 heavy (non-hydrogen) atoms. The zero-order chi connectivity index (χ0) is 20.3. The summed E-state index contributed by atoms with van der Waals surface area (Å²) in [5, 5.41) is 11.7. The highest BCUT2D eigenvalue weighted by atomic mass is 32.2. The largest absolute Gasteiger partial charge is 0.270 e. The first-order chi connectivity index (χ1) is 13.3. The van der Waals surface area contributed by atoms with Crippen molar-refractivity contribution in [1.29, 1.82) is 0 Å². The van der Waals surface area contributed by atoms with Crippen LogP contribution >= 0.6 is 11.3 Å². The Morgan fingerprint density at radius 3 is 2.61 bits per heavy atom. The summed E-state index contributed by atoms with van der Waals surface area (Å²) in [5.41, 5.74) is 2.80. The van der Waals surface area contributed by atoms with Crippen molar-refractivity contribution >= 4 is 27.0 Å². The number of aryl methyl sites for hydroxylation is 2. The Balaban J connectivity index is 1.69. The number of benzene rings is 2. The number of sulfonamides is 1. The molecule has 0 spiro atoms. The standard InChI is InChI=1S/C19H19N3O4S2/c1-13-5-3-6-15(11-13)19-21-14(2)18(27-19)9-10-20-28(25,26)17-8-4-7-16(12-17)22(23)24/h3-8,11-12,20H,9-10H2,1-2H3. The van der Waals surface area contributed by atoms with Crippen LogP contribution in [0.5, 0.6) is 0 Å². The number of thiazole rings is 1. The Bertz CT molecular complexity index is 1120. The molecule has 1 heterocycles. The van der Waals surface area contributed by atoms with Crippen LogP contribution in [0.15, 0.2) is 53.4 Å². The van der Waals surface area contributed by atoms with Gasteiger partial charge in [-0.2, -0.15) is 0 Å². The number of nitro benzene ring substituents is 1. The van der Waals surface area contributed by atoms with E-state index in [0.717, 1.165) is 32.8 Å². The van der Waals surface area contributed by atoms with Crippen molar-refractivity contribution in [2.45, 2.75) is 25.2 Å². The summed E-state index contributed by atoms with van der Waals surface area (Å²) in [7, 11) is -3.82. The van der Waals surface area contributed by atoms with E-state index >= 15 is 0 Å². The highest BCUT2D eigenvalue weighted by Crippen LogP contribution is 2.28. The lowest BCUT2D eigenvalue weighted by Gasteiger charge is -2.06. The third kappa shape index (κ3) is 4.61. The van der Waals surface area contributed by atoms with Gasteiger partial charge in [0.2, 0.25) is 10.0 Å². The molecule has 0 aliphatic carbocycles. The molecule has 0 bridgehead atoms. The van der Waals surface area contributed by atoms with Crippen molar-refractivity contribution in [3.63, 3.8) is 0 Å². The van der Waals surface area contributed by atoms with Gasteiger partial charge in [0.25, 0.3) is 5.69 Å². The Labute approximate surface area is 167 Å². The molecule has 0 saturated heterocycles. The van der Waals surface area contributed by atoms with E-state index in [1.54, 1.807) is 0 Å². The predicted octanol–water partition coefficient (Wildman–Crippen LogP) is 3.86. The van der Waals surface area contributed by atoms with Crippen LogP contribution in [0.3, 0.4) is 0 Å². The topological polar surface area (TPSA) is 102 Å². The highest BCUT2D eigenvalue weighted by Gasteiger charge is 2.18. The van der Waals surface area contributed by atoms with E-state index in [1.165, 1.54) is 29.5 Å². The monoisotopic (exact) mass is 417 g/mol. The van der Waals surface area contributed by atoms with Gasteiger partial charge in [-0.15, -0.1) is 11.3 Å². The highest BCUT2D eigenvalue weighted by molar-refractivity contribution is 7.89. The van der Waals surface area contributed by atoms with Crippen LogP contribution in [0.1, 0.15) is 16.1 Å². The summed E-state index contributed by atoms with van der Waals surface area (Å²) in [4.78, 5) is 15.7. The summed E-state index contributed by atoms with van der Waals surface area (Å²) < 4.78 is 27.3. The fourth-order valence-electron chi connectivity index (χ4n) is 2.71. The smallest absolute Gasteiger partial charge is 0.258 e. The number of aromatic nitrogens is 1. The van der Waals surface area contributed by atoms with Gasteiger partial charge in [-0.25, -0.2) is 18.1 Å². The van der Waals surface area contributed by atoms with Crippen molar-refractivity contribution in [2.24, 2.45) is 0 Å². The molecule has 9 heteroatoms. The Morgan fingerprint density at radius 2 is 1.89 bits per heavy atom. The summed E-state index contributed by atoms with van der Waals surface area (Å²) in [5.74, 6) is 0. The van der Waals surface area contributed by atoms with Gasteiger partial charge < -0.3 is 0 Å². The van der Waals surface area contributed by atoms with E-state index in [0.29, 0.717) is 6.42 Å². The fraction of sp³-hybridized carbons (Fsp3) is 0.211. The Morgan fingerprint density at radius 1 is 1.14 bits per heavy atom. The quantitative estimate of drug-likeness (QED) is 0.465. The SMILES string of the molecule is Cc1cccc(-c2nc(C)c(CCNS(=O)(=O)c3cccc([N+](=O)[O-])c3)s2)c1. The third-order valence-corrected chi connectivity index (χ3v) is 6.87. The van der Waals surface area contributed by atoms with Gasteiger partial charge >= 0.3 is 0 Å². The lowest BCUT2D eigenvalue weighted by atomic mass is 10.1. The van der Waals surface area contributed by atoms with Crippen molar-refractivity contribution in [1.82, 2.24) is 9.71 Å². The second kappa shape index (κ2) is 8.17. The average Bonchev–Trinajstić information content (AvgIpc) is 3.02. The molecular weight excluding hydrogens is 398 g/mol. The van der Waals surface area contributed by atoms with E-state index in [9.17, 15) is 18.5 Å². The first kappa shape index (κ1) is 20.1. The number of nitrogens with zero attached hydrogens (tertiary/aromatic N) is 2. The first-order valence-electron chi connectivity index (χ1n) is 8.54. The maximum Gasteiger partial charge on any atom is 0.270 e. The summed E-state index contributed by atoms with van der Waals surface area (Å²) in [6.45, 7) is 4.11. The molecule has 0 radical (unpaired) electrons. The first-order valence-corrected chi connectivity index (χ1v) is 10.8. The summed E-state index contributed by atoms with van der Waals surface area (Å²) in [6.07, 6.45) is 0.490. The van der Waals surface area contributed by atoms with E-state index in [-0.39, 0.29) is 17.1 Å². The normalized spacial score (nSPS) is 11.5. The van der Waals surface area contributed by atoms with Gasteiger partial charge in [-0.1, -0.05) is 29.8 Å². The molecule has 1 aromatic heterocycles. The van der Waals surface area contributed by atoms with Gasteiger partial charge in [-0.05, 0) is 32.4 Å². The van der Waals surface area contributed by atoms with E-state index < -0.39 is 14.9 Å². The molecule has 3 aromatic rings. The maximum atomic E-state index is 12.4. The van der Waals surface area contributed by atoms with Crippen LogP contribution in [0.25, 0.3) is 10.6 Å². The van der Waals surface area contributed by atoms with E-state index in [1.807, 2.05) is 32.0 Å². The molecular formula is C19H19N3O4S2. The Kier molecular flexibility index (Phi) is 5.87. The van der Waals surface area contributed by atoms with Gasteiger partial charge in [-0.3, -0.25) is 10.1 Å². The molecule has 0 aliphatic heterocycles. The predicted molar refractivity (Wildman–Crippen MR) is 109 cm³/mol. The zero-order valence-corrected chi connectivity index (χ0v) is 17.0. The van der Waals surface area contributed by atoms with Gasteiger partial charge in [0.1, 0.15) is 5.01 Å². The minimum atomic E-state index is -3.82. The minimum absolute atomic E-state index is 0.122. The maximum absolute atomic E-state index is 12.4. The van der Waals surface area contributed by atoms with Crippen molar-refractivity contribution < 1.29 is 13.3 Å². The van der Waals surface area contributed by atoms with Crippen LogP contribution in [0, 0.1) is 24.0 Å².